The fourth-order valence-corrected chi connectivity index (χ4v) is 2.08. The van der Waals surface area contributed by atoms with Crippen molar-refractivity contribution >= 4 is 12.0 Å². The predicted molar refractivity (Wildman–Crippen MR) is 66.4 cm³/mol. The second-order valence-electron chi connectivity index (χ2n) is 5.21. The van der Waals surface area contributed by atoms with Crippen LogP contribution in [0.15, 0.2) is 0 Å². The molecule has 2 atom stereocenters. The summed E-state index contributed by atoms with van der Waals surface area (Å²) in [6.45, 7) is 6.28. The molecule has 1 heterocycles. The largest absolute Gasteiger partial charge is 0.480 e. The van der Waals surface area contributed by atoms with Gasteiger partial charge in [0.05, 0.1) is 5.60 Å². The molecule has 104 valence electrons. The lowest BCUT2D eigenvalue weighted by molar-refractivity contribution is -0.139. The summed E-state index contributed by atoms with van der Waals surface area (Å²) in [7, 11) is 0. The van der Waals surface area contributed by atoms with Gasteiger partial charge in [-0.15, -0.1) is 0 Å². The van der Waals surface area contributed by atoms with Gasteiger partial charge in [-0.3, -0.25) is 0 Å². The van der Waals surface area contributed by atoms with Crippen molar-refractivity contribution < 1.29 is 19.4 Å². The average molecular weight is 258 g/mol. The van der Waals surface area contributed by atoms with E-state index in [9.17, 15) is 9.59 Å². The van der Waals surface area contributed by atoms with Crippen molar-refractivity contribution in [3.05, 3.63) is 0 Å². The number of hydrogen-bond acceptors (Lipinski definition) is 3. The van der Waals surface area contributed by atoms with Crippen LogP contribution < -0.4 is 10.6 Å². The average Bonchev–Trinajstić information content (AvgIpc) is 2.23. The normalized spacial score (nSPS) is 24.1. The number of hydrogen-bond donors (Lipinski definition) is 3. The van der Waals surface area contributed by atoms with Gasteiger partial charge in [0.25, 0.3) is 0 Å². The number of aliphatic carboxylic acids is 1. The molecule has 18 heavy (non-hydrogen) atoms. The molecule has 3 N–H and O–H groups in total. The third-order valence-corrected chi connectivity index (χ3v) is 3.04. The molecule has 0 aromatic heterocycles. The molecule has 0 aromatic carbocycles. The topological polar surface area (TPSA) is 87.7 Å². The van der Waals surface area contributed by atoms with Gasteiger partial charge in [-0.05, 0) is 33.1 Å². The highest BCUT2D eigenvalue weighted by molar-refractivity contribution is 5.82. The van der Waals surface area contributed by atoms with Crippen molar-refractivity contribution in [2.24, 2.45) is 0 Å². The summed E-state index contributed by atoms with van der Waals surface area (Å²) < 4.78 is 5.55. The Morgan fingerprint density at radius 1 is 1.50 bits per heavy atom. The summed E-state index contributed by atoms with van der Waals surface area (Å²) in [5.41, 5.74) is -0.243. The Bertz CT molecular complexity index is 317. The number of ether oxygens (including phenoxy) is 1. The van der Waals surface area contributed by atoms with Crippen LogP contribution in [-0.2, 0) is 9.53 Å². The highest BCUT2D eigenvalue weighted by atomic mass is 16.5. The van der Waals surface area contributed by atoms with Crippen molar-refractivity contribution in [1.82, 2.24) is 10.6 Å². The molecule has 0 radical (unpaired) electrons. The minimum atomic E-state index is -1.01. The van der Waals surface area contributed by atoms with E-state index in [4.69, 9.17) is 9.84 Å². The zero-order chi connectivity index (χ0) is 13.8. The van der Waals surface area contributed by atoms with Gasteiger partial charge in [-0.25, -0.2) is 9.59 Å². The van der Waals surface area contributed by atoms with E-state index in [-0.39, 0.29) is 11.6 Å². The van der Waals surface area contributed by atoms with Gasteiger partial charge in [-0.2, -0.15) is 0 Å². The third kappa shape index (κ3) is 4.52. The first-order chi connectivity index (χ1) is 8.34. The summed E-state index contributed by atoms with van der Waals surface area (Å²) in [4.78, 5) is 22.5. The molecule has 1 saturated heterocycles. The minimum absolute atomic E-state index is 0.0278. The summed E-state index contributed by atoms with van der Waals surface area (Å²) in [5, 5.41) is 14.1. The number of carbonyl (C=O) groups is 2. The van der Waals surface area contributed by atoms with Crippen LogP contribution in [0.3, 0.4) is 0 Å². The van der Waals surface area contributed by atoms with Crippen LogP contribution in [0.1, 0.15) is 40.0 Å². The maximum atomic E-state index is 11.7. The maximum absolute atomic E-state index is 11.7. The standard InChI is InChI=1S/C12H22N2O4/c1-4-9(10(15)16)14-11(17)13-8-5-6-18-12(2,3)7-8/h8-9H,4-7H2,1-3H3,(H,15,16)(H2,13,14,17)/t8?,9-/m1/s1. The SMILES string of the molecule is CC[C@@H](NC(=O)NC1CCOC(C)(C)C1)C(=O)O. The van der Waals surface area contributed by atoms with Gasteiger partial charge in [0.1, 0.15) is 6.04 Å². The number of urea groups is 1. The highest BCUT2D eigenvalue weighted by Crippen LogP contribution is 2.23. The summed E-state index contributed by atoms with van der Waals surface area (Å²) >= 11 is 0. The second-order valence-corrected chi connectivity index (χ2v) is 5.21. The van der Waals surface area contributed by atoms with E-state index in [0.29, 0.717) is 13.0 Å². The minimum Gasteiger partial charge on any atom is -0.480 e. The lowest BCUT2D eigenvalue weighted by atomic mass is 9.94. The first kappa shape index (κ1) is 14.8. The molecule has 2 amide bonds. The molecule has 0 spiro atoms. The van der Waals surface area contributed by atoms with Gasteiger partial charge in [-0.1, -0.05) is 6.92 Å². The Balaban J connectivity index is 2.42. The highest BCUT2D eigenvalue weighted by Gasteiger charge is 2.30. The van der Waals surface area contributed by atoms with E-state index in [1.165, 1.54) is 0 Å². The summed E-state index contributed by atoms with van der Waals surface area (Å²) in [6, 6.07) is -1.23. The first-order valence-electron chi connectivity index (χ1n) is 6.28. The Morgan fingerprint density at radius 3 is 2.67 bits per heavy atom. The van der Waals surface area contributed by atoms with E-state index in [1.54, 1.807) is 6.92 Å². The number of amides is 2. The summed E-state index contributed by atoms with van der Waals surface area (Å²) in [6.07, 6.45) is 1.84. The molecular weight excluding hydrogens is 236 g/mol. The lowest BCUT2D eigenvalue weighted by Gasteiger charge is -2.35. The van der Waals surface area contributed by atoms with E-state index < -0.39 is 18.0 Å². The Hall–Kier alpha value is -1.30. The molecule has 1 aliphatic rings. The molecule has 1 aliphatic heterocycles. The van der Waals surface area contributed by atoms with E-state index in [2.05, 4.69) is 10.6 Å². The fraction of sp³-hybridized carbons (Fsp3) is 0.833. The smallest absolute Gasteiger partial charge is 0.326 e. The monoisotopic (exact) mass is 258 g/mol. The Kier molecular flexibility index (Phi) is 4.95. The molecule has 0 bridgehead atoms. The van der Waals surface area contributed by atoms with Crippen LogP contribution in [0, 0.1) is 0 Å². The second kappa shape index (κ2) is 6.04. The molecule has 1 fully saturated rings. The van der Waals surface area contributed by atoms with Gasteiger partial charge in [0, 0.05) is 12.6 Å². The number of carbonyl (C=O) groups excluding carboxylic acids is 1. The van der Waals surface area contributed by atoms with Crippen LogP contribution in [-0.4, -0.2) is 41.4 Å². The lowest BCUT2D eigenvalue weighted by Crippen LogP contribution is -2.52. The van der Waals surface area contributed by atoms with Crippen LogP contribution in [0.5, 0.6) is 0 Å². The van der Waals surface area contributed by atoms with Gasteiger partial charge in [0.2, 0.25) is 0 Å². The van der Waals surface area contributed by atoms with Crippen LogP contribution in [0.2, 0.25) is 0 Å². The molecule has 6 heteroatoms. The Morgan fingerprint density at radius 2 is 2.17 bits per heavy atom. The van der Waals surface area contributed by atoms with Crippen LogP contribution >= 0.6 is 0 Å². The molecule has 1 rings (SSSR count). The quantitative estimate of drug-likeness (QED) is 0.704. The molecule has 0 aromatic rings. The van der Waals surface area contributed by atoms with E-state index in [0.717, 1.165) is 12.8 Å². The number of nitrogens with one attached hydrogen (secondary N) is 2. The predicted octanol–water partition coefficient (Wildman–Crippen LogP) is 1.11. The van der Waals surface area contributed by atoms with Gasteiger partial charge >= 0.3 is 12.0 Å². The van der Waals surface area contributed by atoms with Crippen molar-refractivity contribution in [2.75, 3.05) is 6.61 Å². The first-order valence-corrected chi connectivity index (χ1v) is 6.28. The zero-order valence-electron chi connectivity index (χ0n) is 11.2. The van der Waals surface area contributed by atoms with Gasteiger partial charge in [0.15, 0.2) is 0 Å². The summed E-state index contributed by atoms with van der Waals surface area (Å²) in [5.74, 6) is -1.01. The molecule has 1 unspecified atom stereocenters. The molecule has 0 saturated carbocycles. The van der Waals surface area contributed by atoms with E-state index in [1.807, 2.05) is 13.8 Å². The van der Waals surface area contributed by atoms with Crippen molar-refractivity contribution in [2.45, 2.75) is 57.7 Å². The Labute approximate surface area is 107 Å². The number of carboxylic acids is 1. The third-order valence-electron chi connectivity index (χ3n) is 3.04. The van der Waals surface area contributed by atoms with Gasteiger partial charge < -0.3 is 20.5 Å². The van der Waals surface area contributed by atoms with E-state index >= 15 is 0 Å². The van der Waals surface area contributed by atoms with Crippen molar-refractivity contribution in [3.8, 4) is 0 Å². The zero-order valence-corrected chi connectivity index (χ0v) is 11.2. The van der Waals surface area contributed by atoms with Crippen molar-refractivity contribution in [1.29, 1.82) is 0 Å². The van der Waals surface area contributed by atoms with Crippen molar-refractivity contribution in [3.63, 3.8) is 0 Å². The molecule has 6 nitrogen and oxygen atoms in total. The fourth-order valence-electron chi connectivity index (χ4n) is 2.08. The molecular formula is C12H22N2O4. The number of rotatable bonds is 4. The molecule has 0 aliphatic carbocycles. The van der Waals surface area contributed by atoms with Crippen LogP contribution in [0.4, 0.5) is 4.79 Å². The number of carboxylic acid groups (broad SMARTS) is 1. The maximum Gasteiger partial charge on any atom is 0.326 e. The van der Waals surface area contributed by atoms with Crippen LogP contribution in [0.25, 0.3) is 0 Å².